The summed E-state index contributed by atoms with van der Waals surface area (Å²) >= 11 is 0. The molecule has 1 N–H and O–H groups in total. The summed E-state index contributed by atoms with van der Waals surface area (Å²) in [5.41, 5.74) is 5.61. The number of aromatic nitrogens is 2. The molecule has 3 rings (SSSR count). The van der Waals surface area contributed by atoms with Crippen molar-refractivity contribution in [3.05, 3.63) is 52.8 Å². The summed E-state index contributed by atoms with van der Waals surface area (Å²) in [7, 11) is 2.00. The minimum absolute atomic E-state index is 0.0942. The van der Waals surface area contributed by atoms with Crippen molar-refractivity contribution in [2.24, 2.45) is 7.05 Å². The lowest BCUT2D eigenvalue weighted by atomic mass is 9.89. The van der Waals surface area contributed by atoms with E-state index in [1.807, 2.05) is 11.7 Å². The van der Waals surface area contributed by atoms with E-state index < -0.39 is 0 Å². The third kappa shape index (κ3) is 3.03. The lowest BCUT2D eigenvalue weighted by Gasteiger charge is -2.19. The maximum absolute atomic E-state index is 4.64. The first-order chi connectivity index (χ1) is 9.93. The number of fused-ring (bicyclic) bond motifs is 1. The van der Waals surface area contributed by atoms with Crippen LogP contribution in [0.3, 0.4) is 0 Å². The molecule has 0 amide bonds. The van der Waals surface area contributed by atoms with Crippen LogP contribution in [0.4, 0.5) is 0 Å². The zero-order chi connectivity index (χ0) is 15.0. The number of nitrogens with one attached hydrogen (secondary N) is 1. The van der Waals surface area contributed by atoms with Crippen molar-refractivity contribution in [3.8, 4) is 0 Å². The second-order valence-electron chi connectivity index (χ2n) is 7.18. The van der Waals surface area contributed by atoms with Gasteiger partial charge < -0.3 is 5.32 Å². The molecule has 0 bridgehead atoms. The summed E-state index contributed by atoms with van der Waals surface area (Å²) in [6, 6.07) is 9.33. The second-order valence-corrected chi connectivity index (χ2v) is 7.18. The Balaban J connectivity index is 1.67. The average molecular weight is 283 g/mol. The van der Waals surface area contributed by atoms with Gasteiger partial charge in [-0.05, 0) is 24.0 Å². The number of hydrogen-bond acceptors (Lipinski definition) is 2. The van der Waals surface area contributed by atoms with E-state index in [0.717, 1.165) is 19.4 Å². The maximum Gasteiger partial charge on any atom is 0.0722 e. The molecule has 0 radical (unpaired) electrons. The van der Waals surface area contributed by atoms with Crippen LogP contribution >= 0.6 is 0 Å². The fourth-order valence-corrected chi connectivity index (χ4v) is 3.26. The summed E-state index contributed by atoms with van der Waals surface area (Å²) in [4.78, 5) is 0. The van der Waals surface area contributed by atoms with Crippen molar-refractivity contribution in [2.75, 3.05) is 0 Å². The van der Waals surface area contributed by atoms with Crippen molar-refractivity contribution in [1.29, 1.82) is 0 Å². The summed E-state index contributed by atoms with van der Waals surface area (Å²) in [6.45, 7) is 7.58. The van der Waals surface area contributed by atoms with Crippen LogP contribution in [0.2, 0.25) is 0 Å². The Hall–Kier alpha value is -1.61. The normalized spacial score (nSPS) is 15.4. The number of rotatable bonds is 3. The van der Waals surface area contributed by atoms with Gasteiger partial charge in [-0.25, -0.2) is 0 Å². The molecule has 21 heavy (non-hydrogen) atoms. The van der Waals surface area contributed by atoms with Crippen LogP contribution in [0.5, 0.6) is 0 Å². The highest BCUT2D eigenvalue weighted by Crippen LogP contribution is 2.25. The standard InChI is InChI=1S/C18H25N3/c1-18(2,3)17-15(12-21(4)20-17)11-19-16-9-13-7-5-6-8-14(13)10-16/h5-8,12,16,19H,9-11H2,1-4H3. The Kier molecular flexibility index (Phi) is 3.62. The van der Waals surface area contributed by atoms with Crippen molar-refractivity contribution in [3.63, 3.8) is 0 Å². The molecule has 0 aliphatic heterocycles. The Morgan fingerprint density at radius 1 is 1.19 bits per heavy atom. The van der Waals surface area contributed by atoms with Gasteiger partial charge in [0.15, 0.2) is 0 Å². The predicted molar refractivity (Wildman–Crippen MR) is 86.4 cm³/mol. The number of hydrogen-bond donors (Lipinski definition) is 1. The Morgan fingerprint density at radius 3 is 2.38 bits per heavy atom. The van der Waals surface area contributed by atoms with E-state index >= 15 is 0 Å². The van der Waals surface area contributed by atoms with Crippen molar-refractivity contribution >= 4 is 0 Å². The first kappa shape index (κ1) is 14.3. The van der Waals surface area contributed by atoms with Crippen LogP contribution in [0, 0.1) is 0 Å². The van der Waals surface area contributed by atoms with E-state index in [1.165, 1.54) is 22.4 Å². The number of aryl methyl sites for hydroxylation is 1. The summed E-state index contributed by atoms with van der Waals surface area (Å²) in [5.74, 6) is 0. The van der Waals surface area contributed by atoms with Crippen molar-refractivity contribution in [2.45, 2.75) is 51.6 Å². The summed E-state index contributed by atoms with van der Waals surface area (Å²) in [6.07, 6.45) is 4.43. The first-order valence-electron chi connectivity index (χ1n) is 7.76. The molecule has 1 aliphatic rings. The highest BCUT2D eigenvalue weighted by atomic mass is 15.3. The maximum atomic E-state index is 4.64. The van der Waals surface area contributed by atoms with Gasteiger partial charge in [-0.1, -0.05) is 45.0 Å². The third-order valence-corrected chi connectivity index (χ3v) is 4.25. The van der Waals surface area contributed by atoms with Gasteiger partial charge in [0.1, 0.15) is 0 Å². The minimum atomic E-state index is 0.0942. The van der Waals surface area contributed by atoms with Crippen LogP contribution in [-0.4, -0.2) is 15.8 Å². The fraction of sp³-hybridized carbons (Fsp3) is 0.500. The number of nitrogens with zero attached hydrogens (tertiary/aromatic N) is 2. The SMILES string of the molecule is Cn1cc(CNC2Cc3ccccc3C2)c(C(C)(C)C)n1. The number of benzene rings is 1. The highest BCUT2D eigenvalue weighted by Gasteiger charge is 2.24. The lowest BCUT2D eigenvalue weighted by molar-refractivity contribution is 0.514. The molecular weight excluding hydrogens is 258 g/mol. The molecule has 0 fully saturated rings. The molecule has 3 heteroatoms. The molecule has 0 unspecified atom stereocenters. The zero-order valence-corrected chi connectivity index (χ0v) is 13.5. The third-order valence-electron chi connectivity index (χ3n) is 4.25. The van der Waals surface area contributed by atoms with Gasteiger partial charge in [-0.15, -0.1) is 0 Å². The molecule has 0 spiro atoms. The van der Waals surface area contributed by atoms with E-state index in [9.17, 15) is 0 Å². The molecular formula is C18H25N3. The van der Waals surface area contributed by atoms with Crippen LogP contribution in [0.25, 0.3) is 0 Å². The zero-order valence-electron chi connectivity index (χ0n) is 13.5. The minimum Gasteiger partial charge on any atom is -0.309 e. The molecule has 1 aromatic heterocycles. The van der Waals surface area contributed by atoms with E-state index in [-0.39, 0.29) is 5.41 Å². The van der Waals surface area contributed by atoms with Gasteiger partial charge in [0.2, 0.25) is 0 Å². The summed E-state index contributed by atoms with van der Waals surface area (Å²) < 4.78 is 1.93. The van der Waals surface area contributed by atoms with Gasteiger partial charge in [0, 0.05) is 36.8 Å². The van der Waals surface area contributed by atoms with Crippen LogP contribution in [-0.2, 0) is 31.8 Å². The van der Waals surface area contributed by atoms with Crippen molar-refractivity contribution < 1.29 is 0 Å². The largest absolute Gasteiger partial charge is 0.309 e. The topological polar surface area (TPSA) is 29.9 Å². The Bertz CT molecular complexity index is 609. The smallest absolute Gasteiger partial charge is 0.0722 e. The van der Waals surface area contributed by atoms with Crippen molar-refractivity contribution in [1.82, 2.24) is 15.1 Å². The molecule has 0 saturated heterocycles. The average Bonchev–Trinajstić information content (AvgIpc) is 2.98. The molecule has 0 saturated carbocycles. The Labute approximate surface area is 127 Å². The van der Waals surface area contributed by atoms with Gasteiger partial charge in [0.05, 0.1) is 5.69 Å². The van der Waals surface area contributed by atoms with Gasteiger partial charge >= 0.3 is 0 Å². The highest BCUT2D eigenvalue weighted by molar-refractivity contribution is 5.33. The predicted octanol–water partition coefficient (Wildman–Crippen LogP) is 2.97. The summed E-state index contributed by atoms with van der Waals surface area (Å²) in [5, 5.41) is 8.36. The molecule has 1 heterocycles. The van der Waals surface area contributed by atoms with E-state index in [4.69, 9.17) is 0 Å². The van der Waals surface area contributed by atoms with Gasteiger partial charge in [-0.3, -0.25) is 4.68 Å². The molecule has 3 nitrogen and oxygen atoms in total. The second kappa shape index (κ2) is 5.30. The van der Waals surface area contributed by atoms with Crippen LogP contribution in [0.15, 0.2) is 30.5 Å². The van der Waals surface area contributed by atoms with E-state index in [2.05, 4.69) is 61.6 Å². The molecule has 112 valence electrons. The Morgan fingerprint density at radius 2 is 1.81 bits per heavy atom. The van der Waals surface area contributed by atoms with E-state index in [1.54, 1.807) is 0 Å². The van der Waals surface area contributed by atoms with Crippen LogP contribution < -0.4 is 5.32 Å². The fourth-order valence-electron chi connectivity index (χ4n) is 3.26. The molecule has 1 aromatic carbocycles. The lowest BCUT2D eigenvalue weighted by Crippen LogP contribution is -2.30. The molecule has 0 atom stereocenters. The first-order valence-corrected chi connectivity index (χ1v) is 7.76. The molecule has 1 aliphatic carbocycles. The van der Waals surface area contributed by atoms with Gasteiger partial charge in [-0.2, -0.15) is 5.10 Å². The molecule has 2 aromatic rings. The van der Waals surface area contributed by atoms with E-state index in [0.29, 0.717) is 6.04 Å². The monoisotopic (exact) mass is 283 g/mol. The van der Waals surface area contributed by atoms with Gasteiger partial charge in [0.25, 0.3) is 0 Å². The quantitative estimate of drug-likeness (QED) is 0.938. The van der Waals surface area contributed by atoms with Crippen LogP contribution in [0.1, 0.15) is 43.2 Å².